The largest absolute Gasteiger partial charge is 0.369 e. The van der Waals surface area contributed by atoms with Gasteiger partial charge in [0.15, 0.2) is 5.78 Å². The van der Waals surface area contributed by atoms with Gasteiger partial charge in [0.25, 0.3) is 0 Å². The van der Waals surface area contributed by atoms with Crippen molar-refractivity contribution < 1.29 is 4.79 Å². The van der Waals surface area contributed by atoms with Crippen molar-refractivity contribution in [3.05, 3.63) is 65.9 Å². The van der Waals surface area contributed by atoms with Gasteiger partial charge in [-0.25, -0.2) is 0 Å². The monoisotopic (exact) mass is 333 g/mol. The lowest BCUT2D eigenvalue weighted by atomic mass is 10.0. The number of aromatic nitrogens is 1. The van der Waals surface area contributed by atoms with Gasteiger partial charge in [0.2, 0.25) is 0 Å². The quantitative estimate of drug-likeness (QED) is 0.744. The third-order valence-corrected chi connectivity index (χ3v) is 5.04. The predicted molar refractivity (Wildman–Crippen MR) is 102 cm³/mol. The zero-order chi connectivity index (χ0) is 17.2. The van der Waals surface area contributed by atoms with Crippen LogP contribution in [0.2, 0.25) is 0 Å². The van der Waals surface area contributed by atoms with Gasteiger partial charge < -0.3 is 14.8 Å². The summed E-state index contributed by atoms with van der Waals surface area (Å²) in [6, 6.07) is 16.3. The Morgan fingerprint density at radius 2 is 1.80 bits per heavy atom. The van der Waals surface area contributed by atoms with E-state index in [0.717, 1.165) is 48.2 Å². The maximum atomic E-state index is 12.7. The summed E-state index contributed by atoms with van der Waals surface area (Å²) >= 11 is 0. The van der Waals surface area contributed by atoms with Crippen LogP contribution in [0.5, 0.6) is 0 Å². The molecule has 4 nitrogen and oxygen atoms in total. The van der Waals surface area contributed by atoms with Crippen molar-refractivity contribution in [2.45, 2.75) is 6.42 Å². The number of H-pyrrole nitrogens is 1. The number of fused-ring (bicyclic) bond motifs is 1. The second kappa shape index (κ2) is 6.73. The van der Waals surface area contributed by atoms with E-state index < -0.39 is 0 Å². The van der Waals surface area contributed by atoms with Crippen LogP contribution in [0.4, 0.5) is 5.69 Å². The zero-order valence-corrected chi connectivity index (χ0v) is 14.5. The molecule has 1 N–H and O–H groups in total. The van der Waals surface area contributed by atoms with Crippen molar-refractivity contribution in [2.24, 2.45) is 0 Å². The molecular formula is C21H23N3O. The summed E-state index contributed by atoms with van der Waals surface area (Å²) in [5, 5.41) is 1.01. The van der Waals surface area contributed by atoms with E-state index in [1.165, 1.54) is 5.69 Å². The van der Waals surface area contributed by atoms with Crippen LogP contribution in [-0.2, 0) is 6.42 Å². The number of nitrogens with one attached hydrogen (secondary N) is 1. The minimum atomic E-state index is 0.157. The van der Waals surface area contributed by atoms with E-state index in [-0.39, 0.29) is 5.78 Å². The Kier molecular flexibility index (Phi) is 4.28. The van der Waals surface area contributed by atoms with Gasteiger partial charge >= 0.3 is 0 Å². The van der Waals surface area contributed by atoms with Gasteiger partial charge in [0.05, 0.1) is 0 Å². The first kappa shape index (κ1) is 15.9. The second-order valence-corrected chi connectivity index (χ2v) is 6.81. The first-order chi connectivity index (χ1) is 12.2. The molecule has 0 atom stereocenters. The molecule has 1 aliphatic rings. The maximum Gasteiger partial charge on any atom is 0.169 e. The lowest BCUT2D eigenvalue weighted by Crippen LogP contribution is -2.44. The summed E-state index contributed by atoms with van der Waals surface area (Å²) in [5.41, 5.74) is 4.09. The zero-order valence-electron chi connectivity index (χ0n) is 14.5. The van der Waals surface area contributed by atoms with Crippen LogP contribution in [0.1, 0.15) is 15.9 Å². The molecule has 0 spiro atoms. The standard InChI is InChI=1S/C21H23N3O/c1-23-9-11-24(12-10-23)17-7-8-18-19(15-22-20(18)14-17)21(25)13-16-5-3-2-4-6-16/h2-8,14-15,22H,9-13H2,1H3. The summed E-state index contributed by atoms with van der Waals surface area (Å²) in [7, 11) is 2.16. The molecule has 1 saturated heterocycles. The number of aromatic amines is 1. The molecule has 1 aliphatic heterocycles. The number of Topliss-reactive ketones (excluding diaryl/α,β-unsaturated/α-hetero) is 1. The number of nitrogens with zero attached hydrogens (tertiary/aromatic N) is 2. The first-order valence-corrected chi connectivity index (χ1v) is 8.82. The van der Waals surface area contributed by atoms with E-state index in [4.69, 9.17) is 0 Å². The SMILES string of the molecule is CN1CCN(c2ccc3c(C(=O)Cc4ccccc4)c[nH]c3c2)CC1. The number of hydrogen-bond acceptors (Lipinski definition) is 3. The third kappa shape index (κ3) is 3.30. The number of anilines is 1. The number of ketones is 1. The van der Waals surface area contributed by atoms with Crippen LogP contribution >= 0.6 is 0 Å². The van der Waals surface area contributed by atoms with E-state index in [9.17, 15) is 4.79 Å². The lowest BCUT2D eigenvalue weighted by Gasteiger charge is -2.34. The highest BCUT2D eigenvalue weighted by atomic mass is 16.1. The summed E-state index contributed by atoms with van der Waals surface area (Å²) in [4.78, 5) is 20.7. The molecule has 25 heavy (non-hydrogen) atoms. The van der Waals surface area contributed by atoms with Gasteiger partial charge in [-0.3, -0.25) is 4.79 Å². The fraction of sp³-hybridized carbons (Fsp3) is 0.286. The molecule has 0 aliphatic carbocycles. The maximum absolute atomic E-state index is 12.7. The molecule has 0 bridgehead atoms. The van der Waals surface area contributed by atoms with Crippen LogP contribution < -0.4 is 4.90 Å². The molecule has 128 valence electrons. The highest BCUT2D eigenvalue weighted by molar-refractivity contribution is 6.09. The van der Waals surface area contributed by atoms with Crippen molar-refractivity contribution in [3.63, 3.8) is 0 Å². The van der Waals surface area contributed by atoms with Crippen LogP contribution in [0, 0.1) is 0 Å². The van der Waals surface area contributed by atoms with E-state index in [1.54, 1.807) is 0 Å². The van der Waals surface area contributed by atoms with Gasteiger partial charge in [0, 0.05) is 61.0 Å². The number of piperazine rings is 1. The van der Waals surface area contributed by atoms with Gasteiger partial charge in [-0.15, -0.1) is 0 Å². The molecule has 2 heterocycles. The molecular weight excluding hydrogens is 310 g/mol. The third-order valence-electron chi connectivity index (χ3n) is 5.04. The van der Waals surface area contributed by atoms with Gasteiger partial charge in [-0.1, -0.05) is 36.4 Å². The fourth-order valence-electron chi connectivity index (χ4n) is 3.48. The van der Waals surface area contributed by atoms with Crippen LogP contribution in [-0.4, -0.2) is 48.9 Å². The van der Waals surface area contributed by atoms with Gasteiger partial charge in [-0.2, -0.15) is 0 Å². The van der Waals surface area contributed by atoms with Crippen molar-refractivity contribution in [3.8, 4) is 0 Å². The summed E-state index contributed by atoms with van der Waals surface area (Å²) in [6.45, 7) is 4.26. The fourth-order valence-corrected chi connectivity index (χ4v) is 3.48. The highest BCUT2D eigenvalue weighted by Crippen LogP contribution is 2.26. The van der Waals surface area contributed by atoms with Crippen LogP contribution in [0.25, 0.3) is 10.9 Å². The first-order valence-electron chi connectivity index (χ1n) is 8.82. The Labute approximate surface area is 148 Å². The van der Waals surface area contributed by atoms with Crippen molar-refractivity contribution in [2.75, 3.05) is 38.1 Å². The molecule has 0 amide bonds. The highest BCUT2D eigenvalue weighted by Gasteiger charge is 2.17. The minimum absolute atomic E-state index is 0.157. The van der Waals surface area contributed by atoms with E-state index >= 15 is 0 Å². The topological polar surface area (TPSA) is 39.3 Å². The van der Waals surface area contributed by atoms with Gasteiger partial charge in [-0.05, 0) is 24.7 Å². The number of likely N-dealkylation sites (N-methyl/N-ethyl adjacent to an activating group) is 1. The van der Waals surface area contributed by atoms with Crippen molar-refractivity contribution in [1.29, 1.82) is 0 Å². The number of carbonyl (C=O) groups excluding carboxylic acids is 1. The van der Waals surface area contributed by atoms with E-state index in [0.29, 0.717) is 6.42 Å². The Morgan fingerprint density at radius 1 is 1.04 bits per heavy atom. The summed E-state index contributed by atoms with van der Waals surface area (Å²) in [6.07, 6.45) is 2.29. The molecule has 1 aromatic heterocycles. The smallest absolute Gasteiger partial charge is 0.169 e. The second-order valence-electron chi connectivity index (χ2n) is 6.81. The van der Waals surface area contributed by atoms with Crippen LogP contribution in [0.15, 0.2) is 54.7 Å². The summed E-state index contributed by atoms with van der Waals surface area (Å²) < 4.78 is 0. The van der Waals surface area contributed by atoms with Crippen molar-refractivity contribution in [1.82, 2.24) is 9.88 Å². The average molecular weight is 333 g/mol. The summed E-state index contributed by atoms with van der Waals surface area (Å²) in [5.74, 6) is 0.157. The molecule has 0 saturated carbocycles. The Hall–Kier alpha value is -2.59. The van der Waals surface area contributed by atoms with Crippen molar-refractivity contribution >= 4 is 22.4 Å². The molecule has 0 unspecified atom stereocenters. The minimum Gasteiger partial charge on any atom is -0.369 e. The molecule has 4 heteroatoms. The molecule has 2 aromatic carbocycles. The normalized spacial score (nSPS) is 15.6. The Balaban J connectivity index is 1.56. The number of rotatable bonds is 4. The van der Waals surface area contributed by atoms with Crippen LogP contribution in [0.3, 0.4) is 0 Å². The Bertz CT molecular complexity index is 877. The predicted octanol–water partition coefficient (Wildman–Crippen LogP) is 3.35. The molecule has 3 aromatic rings. The molecule has 1 fully saturated rings. The lowest BCUT2D eigenvalue weighted by molar-refractivity contribution is 0.0994. The number of carbonyl (C=O) groups is 1. The number of hydrogen-bond donors (Lipinski definition) is 1. The molecule has 4 rings (SSSR count). The number of benzene rings is 2. The van der Waals surface area contributed by atoms with E-state index in [2.05, 4.69) is 40.0 Å². The average Bonchev–Trinajstić information content (AvgIpc) is 3.06. The molecule has 0 radical (unpaired) electrons. The van der Waals surface area contributed by atoms with E-state index in [1.807, 2.05) is 36.5 Å². The van der Waals surface area contributed by atoms with Gasteiger partial charge in [0.1, 0.15) is 0 Å². The Morgan fingerprint density at radius 3 is 2.56 bits per heavy atom.